The van der Waals surface area contributed by atoms with Crippen LogP contribution in [0, 0.1) is 0 Å². The number of carbonyl (C=O) groups excluding carboxylic acids is 1. The van der Waals surface area contributed by atoms with E-state index in [2.05, 4.69) is 5.32 Å². The Bertz CT molecular complexity index is 562. The molecule has 134 valence electrons. The van der Waals surface area contributed by atoms with Crippen LogP contribution >= 0.6 is 0 Å². The summed E-state index contributed by atoms with van der Waals surface area (Å²) in [5.74, 6) is -0.203. The smallest absolute Gasteiger partial charge is 0.458 e. The zero-order valence-corrected chi connectivity index (χ0v) is 16.0. The molecule has 0 aromatic carbocycles. The maximum Gasteiger partial charge on any atom is 0.490 e. The van der Waals surface area contributed by atoms with Gasteiger partial charge in [0.15, 0.2) is 0 Å². The summed E-state index contributed by atoms with van der Waals surface area (Å²) in [6.07, 6.45) is 4.57. The molecule has 0 aromatic rings. The lowest BCUT2D eigenvalue weighted by molar-refractivity contribution is -0.160. The molecule has 3 heterocycles. The molecule has 2 atom stereocenters. The van der Waals surface area contributed by atoms with E-state index in [9.17, 15) is 4.79 Å². The third-order valence-corrected chi connectivity index (χ3v) is 5.58. The van der Waals surface area contributed by atoms with Crippen LogP contribution in [0.4, 0.5) is 0 Å². The van der Waals surface area contributed by atoms with E-state index in [1.54, 1.807) is 0 Å². The van der Waals surface area contributed by atoms with Gasteiger partial charge in [0.1, 0.15) is 11.1 Å². The molecule has 5 nitrogen and oxygen atoms in total. The quantitative estimate of drug-likeness (QED) is 0.621. The highest BCUT2D eigenvalue weighted by molar-refractivity contribution is 6.54. The van der Waals surface area contributed by atoms with Crippen LogP contribution < -0.4 is 5.32 Å². The molecule has 2 fully saturated rings. The molecule has 2 saturated heterocycles. The molecular formula is C18H30BNO4. The fourth-order valence-electron chi connectivity index (χ4n) is 3.59. The van der Waals surface area contributed by atoms with Crippen LogP contribution in [0.5, 0.6) is 0 Å². The van der Waals surface area contributed by atoms with E-state index < -0.39 is 11.1 Å². The van der Waals surface area contributed by atoms with Crippen molar-refractivity contribution in [3.63, 3.8) is 0 Å². The first-order chi connectivity index (χ1) is 10.8. The van der Waals surface area contributed by atoms with E-state index in [0.29, 0.717) is 0 Å². The second kappa shape index (κ2) is 5.32. The molecule has 3 aliphatic heterocycles. The van der Waals surface area contributed by atoms with Crippen LogP contribution in [-0.2, 0) is 18.8 Å². The van der Waals surface area contributed by atoms with Crippen molar-refractivity contribution in [3.05, 3.63) is 11.5 Å². The lowest BCUT2D eigenvalue weighted by Gasteiger charge is -2.34. The summed E-state index contributed by atoms with van der Waals surface area (Å²) >= 11 is 0. The summed E-state index contributed by atoms with van der Waals surface area (Å²) < 4.78 is 18.0. The van der Waals surface area contributed by atoms with Crippen LogP contribution in [0.15, 0.2) is 11.5 Å². The molecule has 0 amide bonds. The summed E-state index contributed by atoms with van der Waals surface area (Å²) in [5, 5.41) is 3.46. The number of hydrogen-bond donors (Lipinski definition) is 1. The zero-order valence-electron chi connectivity index (χ0n) is 16.0. The number of rotatable bonds is 2. The molecule has 0 saturated carbocycles. The summed E-state index contributed by atoms with van der Waals surface area (Å²) in [6.45, 7) is 13.9. The minimum atomic E-state index is -0.741. The highest BCUT2D eigenvalue weighted by atomic mass is 16.7. The second-order valence-corrected chi connectivity index (χ2v) is 9.36. The van der Waals surface area contributed by atoms with E-state index in [1.807, 2.05) is 54.5 Å². The highest BCUT2D eigenvalue weighted by Gasteiger charge is 2.56. The van der Waals surface area contributed by atoms with Gasteiger partial charge in [0, 0.05) is 6.04 Å². The predicted octanol–water partition coefficient (Wildman–Crippen LogP) is 2.78. The number of fused-ring (bicyclic) bond motifs is 2. The van der Waals surface area contributed by atoms with Crippen molar-refractivity contribution in [2.75, 3.05) is 0 Å². The summed E-state index contributed by atoms with van der Waals surface area (Å²) in [4.78, 5) is 12.8. The lowest BCUT2D eigenvalue weighted by Crippen LogP contribution is -2.54. The molecule has 0 spiro atoms. The van der Waals surface area contributed by atoms with Gasteiger partial charge in [-0.1, -0.05) is 6.08 Å². The molecule has 6 heteroatoms. The van der Waals surface area contributed by atoms with E-state index in [4.69, 9.17) is 14.0 Å². The van der Waals surface area contributed by atoms with Crippen molar-refractivity contribution in [3.8, 4) is 0 Å². The largest absolute Gasteiger partial charge is 0.490 e. The third-order valence-electron chi connectivity index (χ3n) is 5.58. The molecule has 2 bridgehead atoms. The van der Waals surface area contributed by atoms with Gasteiger partial charge in [-0.25, -0.2) is 4.79 Å². The van der Waals surface area contributed by atoms with Gasteiger partial charge in [-0.15, -0.1) is 0 Å². The molecule has 1 N–H and O–H groups in total. The third kappa shape index (κ3) is 3.04. The average molecular weight is 335 g/mol. The Morgan fingerprint density at radius 1 is 1.25 bits per heavy atom. The fraction of sp³-hybridized carbons (Fsp3) is 0.833. The Balaban J connectivity index is 1.86. The molecule has 0 aromatic heterocycles. The van der Waals surface area contributed by atoms with Gasteiger partial charge in [-0.3, -0.25) is 5.32 Å². The minimum absolute atomic E-state index is 0.203. The van der Waals surface area contributed by atoms with Crippen LogP contribution in [-0.4, -0.2) is 41.5 Å². The summed E-state index contributed by atoms with van der Waals surface area (Å²) in [6, 6.07) is 0.275. The van der Waals surface area contributed by atoms with Crippen molar-refractivity contribution < 1.29 is 18.8 Å². The fourth-order valence-corrected chi connectivity index (χ4v) is 3.59. The number of hydrogen-bond acceptors (Lipinski definition) is 5. The molecule has 24 heavy (non-hydrogen) atoms. The first kappa shape index (κ1) is 18.0. The monoisotopic (exact) mass is 335 g/mol. The molecule has 0 radical (unpaired) electrons. The van der Waals surface area contributed by atoms with Gasteiger partial charge in [0.25, 0.3) is 0 Å². The maximum atomic E-state index is 12.8. The second-order valence-electron chi connectivity index (χ2n) is 9.36. The van der Waals surface area contributed by atoms with Gasteiger partial charge in [-0.2, -0.15) is 0 Å². The van der Waals surface area contributed by atoms with Crippen LogP contribution in [0.2, 0.25) is 0 Å². The Morgan fingerprint density at radius 3 is 2.38 bits per heavy atom. The highest BCUT2D eigenvalue weighted by Crippen LogP contribution is 2.43. The van der Waals surface area contributed by atoms with Gasteiger partial charge in [-0.05, 0) is 73.2 Å². The van der Waals surface area contributed by atoms with E-state index >= 15 is 0 Å². The number of esters is 1. The Labute approximate surface area is 145 Å². The topological polar surface area (TPSA) is 56.8 Å². The molecular weight excluding hydrogens is 305 g/mol. The predicted molar refractivity (Wildman–Crippen MR) is 93.5 cm³/mol. The normalized spacial score (nSPS) is 34.2. The summed E-state index contributed by atoms with van der Waals surface area (Å²) in [5.41, 5.74) is -0.930. The lowest BCUT2D eigenvalue weighted by atomic mass is 9.71. The Kier molecular flexibility index (Phi) is 3.98. The Hall–Kier alpha value is -0.845. The van der Waals surface area contributed by atoms with E-state index in [1.165, 1.54) is 0 Å². The zero-order chi connectivity index (χ0) is 18.0. The van der Waals surface area contributed by atoms with Crippen LogP contribution in [0.25, 0.3) is 0 Å². The molecule has 3 rings (SSSR count). The van der Waals surface area contributed by atoms with Crippen LogP contribution in [0.1, 0.15) is 67.7 Å². The van der Waals surface area contributed by atoms with Crippen molar-refractivity contribution >= 4 is 13.1 Å². The number of ether oxygens (including phenoxy) is 1. The van der Waals surface area contributed by atoms with E-state index in [-0.39, 0.29) is 30.3 Å². The van der Waals surface area contributed by atoms with Gasteiger partial charge < -0.3 is 14.0 Å². The molecule has 0 aliphatic carbocycles. The van der Waals surface area contributed by atoms with Gasteiger partial charge in [0.05, 0.1) is 11.2 Å². The van der Waals surface area contributed by atoms with Crippen molar-refractivity contribution in [2.24, 2.45) is 0 Å². The molecule has 2 unspecified atom stereocenters. The van der Waals surface area contributed by atoms with Crippen molar-refractivity contribution in [2.45, 2.75) is 96.1 Å². The standard InChI is InChI=1S/C18H30BNO4/c1-15(2,3)22-14(21)18-9-8-13(20-18)10-12(11-18)19-23-16(4,5)17(6,7)24-19/h11,13,20H,8-10H2,1-7H3. The van der Waals surface area contributed by atoms with Crippen molar-refractivity contribution in [1.82, 2.24) is 5.32 Å². The van der Waals surface area contributed by atoms with E-state index in [0.717, 1.165) is 24.7 Å². The molecule has 3 aliphatic rings. The first-order valence-corrected chi connectivity index (χ1v) is 8.92. The average Bonchev–Trinajstić information content (AvgIpc) is 2.82. The Morgan fingerprint density at radius 2 is 1.83 bits per heavy atom. The summed E-state index contributed by atoms with van der Waals surface area (Å²) in [7, 11) is -0.389. The first-order valence-electron chi connectivity index (χ1n) is 8.92. The minimum Gasteiger partial charge on any atom is -0.458 e. The van der Waals surface area contributed by atoms with Crippen molar-refractivity contribution in [1.29, 1.82) is 0 Å². The SMILES string of the molecule is CC(C)(C)OC(=O)C12C=C(B3OC(C)(C)C(C)(C)O3)CC(CC1)N2. The van der Waals surface area contributed by atoms with Gasteiger partial charge >= 0.3 is 13.1 Å². The van der Waals surface area contributed by atoms with Gasteiger partial charge in [0.2, 0.25) is 0 Å². The van der Waals surface area contributed by atoms with Crippen LogP contribution in [0.3, 0.4) is 0 Å². The number of carbonyl (C=O) groups is 1. The number of nitrogens with one attached hydrogen (secondary N) is 1. The maximum absolute atomic E-state index is 12.8.